The average Bonchev–Trinajstić information content (AvgIpc) is 2.89. The number of hydrogen-bond acceptors (Lipinski definition) is 4. The molecule has 2 unspecified atom stereocenters. The second-order valence-corrected chi connectivity index (χ2v) is 5.80. The van der Waals surface area contributed by atoms with Gasteiger partial charge in [-0.1, -0.05) is 13.8 Å². The summed E-state index contributed by atoms with van der Waals surface area (Å²) in [4.78, 5) is 14.2. The molecule has 1 aromatic heterocycles. The molecule has 0 fully saturated rings. The first-order valence-corrected chi connectivity index (χ1v) is 7.13. The summed E-state index contributed by atoms with van der Waals surface area (Å²) in [5.41, 5.74) is 5.69. The molecule has 1 heterocycles. The van der Waals surface area contributed by atoms with Crippen molar-refractivity contribution in [1.29, 1.82) is 0 Å². The van der Waals surface area contributed by atoms with Crippen molar-refractivity contribution in [2.45, 2.75) is 26.3 Å². The van der Waals surface area contributed by atoms with Gasteiger partial charge in [-0.3, -0.25) is 9.69 Å². The Balaban J connectivity index is 2.56. The topological polar surface area (TPSA) is 71.5 Å². The lowest BCUT2D eigenvalue weighted by Crippen LogP contribution is -2.40. The second kappa shape index (κ2) is 8.07. The normalized spacial score (nSPS) is 14.6. The van der Waals surface area contributed by atoms with Crippen LogP contribution in [0.5, 0.6) is 0 Å². The molecule has 114 valence electrons. The number of nitrogens with one attached hydrogen (secondary N) is 1. The molecule has 3 N–H and O–H groups in total. The molecule has 20 heavy (non-hydrogen) atoms. The molecule has 0 aliphatic heterocycles. The predicted octanol–water partition coefficient (Wildman–Crippen LogP) is 1.62. The first kappa shape index (κ1) is 16.7. The Kier molecular flexibility index (Phi) is 6.75. The van der Waals surface area contributed by atoms with Crippen molar-refractivity contribution < 1.29 is 9.21 Å². The Hall–Kier alpha value is -1.33. The van der Waals surface area contributed by atoms with E-state index in [0.29, 0.717) is 19.0 Å². The van der Waals surface area contributed by atoms with Crippen molar-refractivity contribution in [1.82, 2.24) is 10.2 Å². The van der Waals surface area contributed by atoms with E-state index in [0.717, 1.165) is 12.2 Å². The second-order valence-electron chi connectivity index (χ2n) is 5.80. The fourth-order valence-electron chi connectivity index (χ4n) is 2.24. The van der Waals surface area contributed by atoms with Gasteiger partial charge in [-0.25, -0.2) is 0 Å². The van der Waals surface area contributed by atoms with Crippen LogP contribution in [0.3, 0.4) is 0 Å². The molecule has 5 nitrogen and oxygen atoms in total. The molecule has 0 spiro atoms. The van der Waals surface area contributed by atoms with Crippen LogP contribution < -0.4 is 11.1 Å². The van der Waals surface area contributed by atoms with E-state index < -0.39 is 0 Å². The number of nitrogens with two attached hydrogens (primary N) is 1. The molecule has 1 rings (SSSR count). The Morgan fingerprint density at radius 3 is 2.60 bits per heavy atom. The summed E-state index contributed by atoms with van der Waals surface area (Å²) in [6.07, 6.45) is 2.46. The maximum atomic E-state index is 12.2. The zero-order chi connectivity index (χ0) is 15.1. The summed E-state index contributed by atoms with van der Waals surface area (Å²) in [7, 11) is 3.93. The smallest absolute Gasteiger partial charge is 0.224 e. The zero-order valence-electron chi connectivity index (χ0n) is 12.9. The van der Waals surface area contributed by atoms with Crippen LogP contribution >= 0.6 is 0 Å². The zero-order valence-corrected chi connectivity index (χ0v) is 12.9. The number of nitrogens with zero attached hydrogens (tertiary/aromatic N) is 1. The van der Waals surface area contributed by atoms with E-state index in [2.05, 4.69) is 19.2 Å². The van der Waals surface area contributed by atoms with E-state index in [1.165, 1.54) is 0 Å². The predicted molar refractivity (Wildman–Crippen MR) is 80.1 cm³/mol. The third kappa shape index (κ3) is 4.98. The first-order chi connectivity index (χ1) is 9.45. The molecule has 5 heteroatoms. The third-order valence-corrected chi connectivity index (χ3v) is 3.38. The van der Waals surface area contributed by atoms with E-state index in [-0.39, 0.29) is 17.9 Å². The lowest BCUT2D eigenvalue weighted by Gasteiger charge is -2.24. The summed E-state index contributed by atoms with van der Waals surface area (Å²) in [5.74, 6) is 1.22. The van der Waals surface area contributed by atoms with E-state index in [9.17, 15) is 4.79 Å². The van der Waals surface area contributed by atoms with Gasteiger partial charge in [0.1, 0.15) is 5.76 Å². The Bertz CT molecular complexity index is 388. The fraction of sp³-hybridized carbons (Fsp3) is 0.667. The SMILES string of the molecule is CC(C)CC(CN)C(=O)NCC(c1ccco1)N(C)C. The standard InChI is InChI=1S/C15H27N3O2/c1-11(2)8-12(9-16)15(19)17-10-13(18(3)4)14-6-5-7-20-14/h5-7,11-13H,8-10,16H2,1-4H3,(H,17,19). The van der Waals surface area contributed by atoms with Gasteiger partial charge in [0.15, 0.2) is 0 Å². The van der Waals surface area contributed by atoms with Gasteiger partial charge in [-0.05, 0) is 38.6 Å². The molecule has 0 aromatic carbocycles. The third-order valence-electron chi connectivity index (χ3n) is 3.38. The van der Waals surface area contributed by atoms with Crippen molar-refractivity contribution in [2.75, 3.05) is 27.2 Å². The summed E-state index contributed by atoms with van der Waals surface area (Å²) >= 11 is 0. The van der Waals surface area contributed by atoms with E-state index in [1.54, 1.807) is 6.26 Å². The molecule has 2 atom stereocenters. The van der Waals surface area contributed by atoms with Crippen LogP contribution in [-0.4, -0.2) is 38.0 Å². The quantitative estimate of drug-likeness (QED) is 0.759. The summed E-state index contributed by atoms with van der Waals surface area (Å²) in [6.45, 7) is 5.11. The van der Waals surface area contributed by atoms with Gasteiger partial charge in [-0.15, -0.1) is 0 Å². The minimum absolute atomic E-state index is 0.0274. The van der Waals surface area contributed by atoms with Crippen LogP contribution in [0.4, 0.5) is 0 Å². The molecular weight excluding hydrogens is 254 g/mol. The van der Waals surface area contributed by atoms with Crippen LogP contribution in [0.25, 0.3) is 0 Å². The van der Waals surface area contributed by atoms with Gasteiger partial charge in [0.2, 0.25) is 5.91 Å². The Labute approximate surface area is 121 Å². The van der Waals surface area contributed by atoms with Crippen LogP contribution in [0.1, 0.15) is 32.1 Å². The lowest BCUT2D eigenvalue weighted by molar-refractivity contribution is -0.125. The monoisotopic (exact) mass is 281 g/mol. The number of hydrogen-bond donors (Lipinski definition) is 2. The summed E-state index contributed by atoms with van der Waals surface area (Å²) in [5, 5.41) is 2.99. The van der Waals surface area contributed by atoms with Crippen LogP contribution in [-0.2, 0) is 4.79 Å². The first-order valence-electron chi connectivity index (χ1n) is 7.13. The largest absolute Gasteiger partial charge is 0.468 e. The molecule has 0 saturated carbocycles. The number of furan rings is 1. The van der Waals surface area contributed by atoms with Crippen LogP contribution in [0, 0.1) is 11.8 Å². The highest BCUT2D eigenvalue weighted by molar-refractivity contribution is 5.78. The van der Waals surface area contributed by atoms with Gasteiger partial charge in [0, 0.05) is 13.1 Å². The van der Waals surface area contributed by atoms with Crippen LogP contribution in [0.15, 0.2) is 22.8 Å². The van der Waals surface area contributed by atoms with Crippen molar-refractivity contribution in [3.8, 4) is 0 Å². The molecule has 1 aromatic rings. The van der Waals surface area contributed by atoms with Gasteiger partial charge in [0.25, 0.3) is 0 Å². The maximum absolute atomic E-state index is 12.2. The number of carbonyl (C=O) groups is 1. The van der Waals surface area contributed by atoms with Crippen molar-refractivity contribution in [2.24, 2.45) is 17.6 Å². The minimum Gasteiger partial charge on any atom is -0.468 e. The molecule has 0 saturated heterocycles. The van der Waals surface area contributed by atoms with Crippen molar-refractivity contribution in [3.05, 3.63) is 24.2 Å². The van der Waals surface area contributed by atoms with Gasteiger partial charge < -0.3 is 15.5 Å². The molecule has 1 amide bonds. The lowest BCUT2D eigenvalue weighted by atomic mass is 9.96. The van der Waals surface area contributed by atoms with E-state index in [1.807, 2.05) is 31.1 Å². The average molecular weight is 281 g/mol. The minimum atomic E-state index is -0.116. The molecule has 0 bridgehead atoms. The van der Waals surface area contributed by atoms with Crippen molar-refractivity contribution >= 4 is 5.91 Å². The number of carbonyl (C=O) groups excluding carboxylic acids is 1. The van der Waals surface area contributed by atoms with E-state index in [4.69, 9.17) is 10.2 Å². The fourth-order valence-corrected chi connectivity index (χ4v) is 2.24. The highest BCUT2D eigenvalue weighted by atomic mass is 16.3. The van der Waals surface area contributed by atoms with Gasteiger partial charge in [0.05, 0.1) is 18.2 Å². The molecule has 0 aliphatic rings. The molecule has 0 aliphatic carbocycles. The highest BCUT2D eigenvalue weighted by Gasteiger charge is 2.22. The Morgan fingerprint density at radius 1 is 1.45 bits per heavy atom. The number of amides is 1. The number of rotatable bonds is 8. The Morgan fingerprint density at radius 2 is 2.15 bits per heavy atom. The van der Waals surface area contributed by atoms with E-state index >= 15 is 0 Å². The molecular formula is C15H27N3O2. The summed E-state index contributed by atoms with van der Waals surface area (Å²) < 4.78 is 5.42. The summed E-state index contributed by atoms with van der Waals surface area (Å²) in [6, 6.07) is 3.81. The van der Waals surface area contributed by atoms with Gasteiger partial charge >= 0.3 is 0 Å². The highest BCUT2D eigenvalue weighted by Crippen LogP contribution is 2.18. The van der Waals surface area contributed by atoms with Crippen molar-refractivity contribution in [3.63, 3.8) is 0 Å². The molecule has 0 radical (unpaired) electrons. The maximum Gasteiger partial charge on any atom is 0.224 e. The van der Waals surface area contributed by atoms with Gasteiger partial charge in [-0.2, -0.15) is 0 Å². The van der Waals surface area contributed by atoms with Crippen LogP contribution in [0.2, 0.25) is 0 Å². The number of likely N-dealkylation sites (N-methyl/N-ethyl adjacent to an activating group) is 1.